The van der Waals surface area contributed by atoms with E-state index in [9.17, 15) is 37.7 Å². The number of carbonyl (C=O) groups excluding carboxylic acids is 4. The van der Waals surface area contributed by atoms with Gasteiger partial charge in [-0.15, -0.1) is 0 Å². The third-order valence-corrected chi connectivity index (χ3v) is 5.61. The van der Waals surface area contributed by atoms with Gasteiger partial charge < -0.3 is 54.9 Å². The van der Waals surface area contributed by atoms with Crippen LogP contribution in [0.2, 0.25) is 0 Å². The molecule has 0 aromatic carbocycles. The van der Waals surface area contributed by atoms with Crippen molar-refractivity contribution in [3.63, 3.8) is 0 Å². The molecular weight excluding hydrogens is 559 g/mol. The number of nitrogens with zero attached hydrogens (tertiary/aromatic N) is 2. The van der Waals surface area contributed by atoms with Crippen LogP contribution in [0.25, 0.3) is 0 Å². The molecule has 2 heterocycles. The molecule has 23 heteroatoms. The minimum absolute atomic E-state index is 0.121. The molecule has 2 aliphatic heterocycles. The summed E-state index contributed by atoms with van der Waals surface area (Å²) in [4.78, 5) is 106. The first-order chi connectivity index (χ1) is 16.2. The van der Waals surface area contributed by atoms with Crippen LogP contribution in [0.1, 0.15) is 0 Å². The number of amides is 4. The van der Waals surface area contributed by atoms with E-state index in [0.717, 1.165) is 0 Å². The predicted octanol–water partition coefficient (Wildman–Crippen LogP) is -5.04. The summed E-state index contributed by atoms with van der Waals surface area (Å²) in [5.74, 6) is -2.93. The minimum atomic E-state index is -4.48. The highest BCUT2D eigenvalue weighted by Crippen LogP contribution is 2.37. The van der Waals surface area contributed by atoms with Gasteiger partial charge in [-0.3, -0.25) is 43.0 Å². The number of carbonyl (C=O) groups is 5. The molecule has 0 atom stereocenters. The highest BCUT2D eigenvalue weighted by molar-refractivity contribution is 7.52. The Hall–Kier alpha value is -2.24. The second-order valence-corrected chi connectivity index (χ2v) is 11.9. The average molecular weight is 585 g/mol. The van der Waals surface area contributed by atoms with Gasteiger partial charge in [-0.2, -0.15) is 0 Å². The van der Waals surface area contributed by atoms with Gasteiger partial charge in [0.05, 0.1) is 25.9 Å². The molecule has 10 N–H and O–H groups in total. The standard InChI is InChI=1S/C6H12N2O8P2.C4H6N2O2.C3H8NO5P/c9-5-1-7(3-17(11,12)13)6(10)2-8(5)4-18(14,15)16;7-3-1-5-4(8)2-6-3;5-3(6)1-4-2-10(7,8)9/h1-4H2,(H2,11,12,13)(H2,14,15,16);1-2H2,(H,5,8)(H,6,7);4H,1-2H2,(H,5,6)(H2,7,8,9). The van der Waals surface area contributed by atoms with Crippen molar-refractivity contribution in [1.29, 1.82) is 0 Å². The first kappa shape index (κ1) is 33.8. The molecule has 2 aliphatic rings. The molecule has 0 aliphatic carbocycles. The Kier molecular flexibility index (Phi) is 13.6. The quantitative estimate of drug-likeness (QED) is 0.119. The number of hydrogen-bond acceptors (Lipinski definition) is 9. The highest BCUT2D eigenvalue weighted by Gasteiger charge is 2.35. The smallest absolute Gasteiger partial charge is 0.344 e. The second-order valence-electron chi connectivity index (χ2n) is 6.99. The van der Waals surface area contributed by atoms with E-state index in [-0.39, 0.29) is 24.9 Å². The maximum atomic E-state index is 11.4. The van der Waals surface area contributed by atoms with Crippen molar-refractivity contribution in [2.24, 2.45) is 0 Å². The number of hydrogen-bond donors (Lipinski definition) is 10. The van der Waals surface area contributed by atoms with Gasteiger partial charge in [0.2, 0.25) is 23.6 Å². The monoisotopic (exact) mass is 585 g/mol. The lowest BCUT2D eigenvalue weighted by atomic mass is 10.3. The maximum absolute atomic E-state index is 11.4. The van der Waals surface area contributed by atoms with E-state index in [1.54, 1.807) is 0 Å². The van der Waals surface area contributed by atoms with E-state index in [1.165, 1.54) is 0 Å². The lowest BCUT2D eigenvalue weighted by molar-refractivity contribution is -0.148. The number of aliphatic carboxylic acids is 1. The molecule has 20 nitrogen and oxygen atoms in total. The molecular formula is C13H26N5O15P3. The van der Waals surface area contributed by atoms with Crippen LogP contribution in [0.15, 0.2) is 0 Å². The van der Waals surface area contributed by atoms with Crippen LogP contribution in [-0.4, -0.2) is 125 Å². The van der Waals surface area contributed by atoms with Crippen LogP contribution in [-0.2, 0) is 37.7 Å². The van der Waals surface area contributed by atoms with Crippen molar-refractivity contribution in [3.05, 3.63) is 0 Å². The fraction of sp³-hybridized carbons (Fsp3) is 0.615. The Labute approximate surface area is 202 Å². The summed E-state index contributed by atoms with van der Waals surface area (Å²) < 4.78 is 31.5. The molecule has 0 aromatic heterocycles. The van der Waals surface area contributed by atoms with Gasteiger partial charge in [0.1, 0.15) is 25.7 Å². The summed E-state index contributed by atoms with van der Waals surface area (Å²) in [7, 11) is -13.1. The lowest BCUT2D eigenvalue weighted by Crippen LogP contribution is -2.53. The van der Waals surface area contributed by atoms with E-state index in [1.807, 2.05) is 0 Å². The van der Waals surface area contributed by atoms with Gasteiger partial charge in [0.15, 0.2) is 0 Å². The summed E-state index contributed by atoms with van der Waals surface area (Å²) in [6.45, 7) is -1.41. The molecule has 2 fully saturated rings. The molecule has 36 heavy (non-hydrogen) atoms. The molecule has 0 radical (unpaired) electrons. The zero-order valence-corrected chi connectivity index (χ0v) is 21.0. The molecule has 2 rings (SSSR count). The van der Waals surface area contributed by atoms with Crippen LogP contribution >= 0.6 is 22.8 Å². The molecule has 0 aromatic rings. The Morgan fingerprint density at radius 2 is 1.11 bits per heavy atom. The maximum Gasteiger partial charge on any atom is 0.344 e. The van der Waals surface area contributed by atoms with Crippen LogP contribution in [0.4, 0.5) is 0 Å². The largest absolute Gasteiger partial charge is 0.480 e. The first-order valence-electron chi connectivity index (χ1n) is 9.33. The number of carboxylic acids is 1. The van der Waals surface area contributed by atoms with Gasteiger partial charge in [-0.1, -0.05) is 0 Å². The summed E-state index contributed by atoms with van der Waals surface area (Å²) >= 11 is 0. The normalized spacial score (nSPS) is 16.7. The van der Waals surface area contributed by atoms with Crippen molar-refractivity contribution in [3.8, 4) is 0 Å². The zero-order chi connectivity index (χ0) is 28.3. The molecule has 208 valence electrons. The Bertz CT molecular complexity index is 902. The first-order valence-corrected chi connectivity index (χ1v) is 14.7. The number of nitrogens with one attached hydrogen (secondary N) is 3. The van der Waals surface area contributed by atoms with E-state index in [4.69, 9.17) is 34.5 Å². The van der Waals surface area contributed by atoms with Crippen LogP contribution in [0, 0.1) is 0 Å². The number of rotatable bonds is 8. The molecule has 0 unspecified atom stereocenters. The second kappa shape index (κ2) is 14.5. The van der Waals surface area contributed by atoms with Crippen molar-refractivity contribution in [2.75, 3.05) is 51.6 Å². The summed E-state index contributed by atoms with van der Waals surface area (Å²) in [6, 6.07) is 0. The van der Waals surface area contributed by atoms with Crippen LogP contribution in [0.5, 0.6) is 0 Å². The molecule has 0 bridgehead atoms. The average Bonchev–Trinajstić information content (AvgIpc) is 2.66. The predicted molar refractivity (Wildman–Crippen MR) is 116 cm³/mol. The fourth-order valence-corrected chi connectivity index (χ4v) is 4.00. The van der Waals surface area contributed by atoms with E-state index in [2.05, 4.69) is 16.0 Å². The third kappa shape index (κ3) is 18.1. The van der Waals surface area contributed by atoms with Crippen molar-refractivity contribution >= 4 is 52.4 Å². The highest BCUT2D eigenvalue weighted by atomic mass is 31.2. The van der Waals surface area contributed by atoms with E-state index in [0.29, 0.717) is 9.80 Å². The van der Waals surface area contributed by atoms with Gasteiger partial charge in [-0.05, 0) is 0 Å². The van der Waals surface area contributed by atoms with Crippen molar-refractivity contribution in [1.82, 2.24) is 25.8 Å². The topological polar surface area (TPSA) is 321 Å². The summed E-state index contributed by atoms with van der Waals surface area (Å²) in [6.07, 6.45) is -2.37. The van der Waals surface area contributed by atoms with E-state index < -0.39 is 79.1 Å². The van der Waals surface area contributed by atoms with Crippen LogP contribution in [0.3, 0.4) is 0 Å². The van der Waals surface area contributed by atoms with Gasteiger partial charge in [0, 0.05) is 0 Å². The van der Waals surface area contributed by atoms with Crippen LogP contribution < -0.4 is 16.0 Å². The Morgan fingerprint density at radius 3 is 1.36 bits per heavy atom. The van der Waals surface area contributed by atoms with Gasteiger partial charge in [0.25, 0.3) is 0 Å². The number of piperazine rings is 2. The van der Waals surface area contributed by atoms with Crippen molar-refractivity contribution in [2.45, 2.75) is 0 Å². The fourth-order valence-electron chi connectivity index (χ4n) is 2.20. The van der Waals surface area contributed by atoms with E-state index >= 15 is 0 Å². The Morgan fingerprint density at radius 1 is 0.750 bits per heavy atom. The SMILES string of the molecule is O=C(O)CNCP(=O)(O)O.O=C1CN(CP(=O)(O)O)C(=O)CN1CP(=O)(O)O.O=C1CNC(=O)CN1. The van der Waals surface area contributed by atoms with Gasteiger partial charge >= 0.3 is 28.8 Å². The summed E-state index contributed by atoms with van der Waals surface area (Å²) in [5.41, 5.74) is 0. The molecule has 0 spiro atoms. The minimum Gasteiger partial charge on any atom is -0.480 e. The lowest BCUT2D eigenvalue weighted by Gasteiger charge is -2.33. The van der Waals surface area contributed by atoms with Gasteiger partial charge in [-0.25, -0.2) is 0 Å². The van der Waals surface area contributed by atoms with Crippen molar-refractivity contribution < 1.29 is 72.1 Å². The molecule has 4 amide bonds. The zero-order valence-electron chi connectivity index (χ0n) is 18.3. The molecule has 2 saturated heterocycles. The number of carboxylic acid groups (broad SMARTS) is 1. The molecule has 0 saturated carbocycles. The third-order valence-electron chi connectivity index (χ3n) is 3.55. The summed E-state index contributed by atoms with van der Waals surface area (Å²) in [5, 5.41) is 14.8. The Balaban J connectivity index is 0.000000571.